The molecule has 1 heterocycles. The first-order chi connectivity index (χ1) is 11.2. The minimum absolute atomic E-state index is 0.0561. The fourth-order valence-corrected chi connectivity index (χ4v) is 4.44. The highest BCUT2D eigenvalue weighted by atomic mass is 32.2. The molecule has 0 bridgehead atoms. The van der Waals surface area contributed by atoms with E-state index in [0.717, 1.165) is 12.1 Å². The van der Waals surface area contributed by atoms with Crippen molar-refractivity contribution in [3.8, 4) is 0 Å². The van der Waals surface area contributed by atoms with Crippen molar-refractivity contribution in [3.63, 3.8) is 0 Å². The average Bonchev–Trinajstić information content (AvgIpc) is 2.72. The molecule has 1 N–H and O–H groups in total. The average molecular weight is 362 g/mol. The first-order valence-electron chi connectivity index (χ1n) is 7.59. The Hall–Kier alpha value is -1.58. The SMILES string of the molecule is CN(CC(=O)O)C1CCCN(S(=O)(=O)c2ccc(F)cc2F)CC1. The first kappa shape index (κ1) is 18.8. The lowest BCUT2D eigenvalue weighted by molar-refractivity contribution is -0.138. The highest BCUT2D eigenvalue weighted by Crippen LogP contribution is 2.24. The fraction of sp³-hybridized carbons (Fsp3) is 0.533. The van der Waals surface area contributed by atoms with Gasteiger partial charge in [0.05, 0.1) is 6.54 Å². The normalized spacial score (nSPS) is 20.1. The Morgan fingerprint density at radius 2 is 2.04 bits per heavy atom. The number of likely N-dealkylation sites (N-methyl/N-ethyl adjacent to an activating group) is 1. The Labute approximate surface area is 139 Å². The summed E-state index contributed by atoms with van der Waals surface area (Å²) in [6.07, 6.45) is 1.64. The van der Waals surface area contributed by atoms with E-state index in [1.54, 1.807) is 11.9 Å². The molecule has 1 aromatic carbocycles. The smallest absolute Gasteiger partial charge is 0.317 e. The standard InChI is InChI=1S/C15H20F2N2O4S/c1-18(10-15(20)21)12-3-2-7-19(8-6-12)24(22,23)14-5-4-11(16)9-13(14)17/h4-5,9,12H,2-3,6-8,10H2,1H3,(H,20,21). The van der Waals surface area contributed by atoms with Gasteiger partial charge in [0.1, 0.15) is 16.5 Å². The summed E-state index contributed by atoms with van der Waals surface area (Å²) in [6.45, 7) is 0.258. The molecule has 0 aliphatic carbocycles. The molecule has 1 fully saturated rings. The summed E-state index contributed by atoms with van der Waals surface area (Å²) >= 11 is 0. The van der Waals surface area contributed by atoms with Gasteiger partial charge in [-0.05, 0) is 38.4 Å². The molecule has 134 valence electrons. The molecule has 6 nitrogen and oxygen atoms in total. The number of rotatable bonds is 5. The van der Waals surface area contributed by atoms with Gasteiger partial charge in [-0.2, -0.15) is 4.31 Å². The monoisotopic (exact) mass is 362 g/mol. The molecule has 1 unspecified atom stereocenters. The van der Waals surface area contributed by atoms with E-state index in [4.69, 9.17) is 5.11 Å². The minimum Gasteiger partial charge on any atom is -0.480 e. The van der Waals surface area contributed by atoms with Crippen molar-refractivity contribution in [1.29, 1.82) is 0 Å². The second kappa shape index (κ2) is 7.54. The maximum absolute atomic E-state index is 13.8. The minimum atomic E-state index is -4.05. The van der Waals surface area contributed by atoms with E-state index in [1.165, 1.54) is 4.31 Å². The van der Waals surface area contributed by atoms with Gasteiger partial charge in [0.15, 0.2) is 0 Å². The van der Waals surface area contributed by atoms with Crippen molar-refractivity contribution >= 4 is 16.0 Å². The van der Waals surface area contributed by atoms with E-state index < -0.39 is 32.5 Å². The van der Waals surface area contributed by atoms with Crippen LogP contribution in [0.5, 0.6) is 0 Å². The van der Waals surface area contributed by atoms with Crippen molar-refractivity contribution in [1.82, 2.24) is 9.21 Å². The zero-order valence-corrected chi connectivity index (χ0v) is 14.1. The van der Waals surface area contributed by atoms with Gasteiger partial charge < -0.3 is 5.11 Å². The van der Waals surface area contributed by atoms with Crippen molar-refractivity contribution in [3.05, 3.63) is 29.8 Å². The van der Waals surface area contributed by atoms with Crippen LogP contribution in [-0.2, 0) is 14.8 Å². The second-order valence-corrected chi connectivity index (χ2v) is 7.78. The molecule has 1 atom stereocenters. The number of carboxylic acids is 1. The van der Waals surface area contributed by atoms with Gasteiger partial charge in [-0.3, -0.25) is 9.69 Å². The van der Waals surface area contributed by atoms with Gasteiger partial charge in [-0.1, -0.05) is 0 Å². The predicted molar refractivity (Wildman–Crippen MR) is 83.0 cm³/mol. The Kier molecular flexibility index (Phi) is 5.89. The largest absolute Gasteiger partial charge is 0.480 e. The molecule has 0 saturated carbocycles. The molecule has 0 spiro atoms. The molecule has 2 rings (SSSR count). The summed E-state index contributed by atoms with van der Waals surface area (Å²) < 4.78 is 53.2. The van der Waals surface area contributed by atoms with Crippen molar-refractivity contribution in [2.75, 3.05) is 26.7 Å². The molecule has 0 aromatic heterocycles. The Morgan fingerprint density at radius 3 is 2.67 bits per heavy atom. The van der Waals surface area contributed by atoms with E-state index in [0.29, 0.717) is 25.3 Å². The topological polar surface area (TPSA) is 77.9 Å². The molecule has 1 aliphatic heterocycles. The van der Waals surface area contributed by atoms with Crippen molar-refractivity contribution < 1.29 is 27.1 Å². The van der Waals surface area contributed by atoms with E-state index in [-0.39, 0.29) is 25.7 Å². The summed E-state index contributed by atoms with van der Waals surface area (Å²) in [5.41, 5.74) is 0. The lowest BCUT2D eigenvalue weighted by Gasteiger charge is -2.25. The summed E-state index contributed by atoms with van der Waals surface area (Å²) in [5.74, 6) is -2.89. The van der Waals surface area contributed by atoms with E-state index >= 15 is 0 Å². The number of hydrogen-bond donors (Lipinski definition) is 1. The molecule has 24 heavy (non-hydrogen) atoms. The molecular formula is C15H20F2N2O4S. The third-order valence-corrected chi connectivity index (χ3v) is 6.11. The molecule has 0 amide bonds. The maximum atomic E-state index is 13.8. The van der Waals surface area contributed by atoms with Gasteiger partial charge in [-0.25, -0.2) is 17.2 Å². The Bertz CT molecular complexity index is 711. The van der Waals surface area contributed by atoms with Crippen LogP contribution in [0.3, 0.4) is 0 Å². The van der Waals surface area contributed by atoms with Gasteiger partial charge in [-0.15, -0.1) is 0 Å². The Morgan fingerprint density at radius 1 is 1.33 bits per heavy atom. The van der Waals surface area contributed by atoms with Crippen LogP contribution in [0.15, 0.2) is 23.1 Å². The fourth-order valence-electron chi connectivity index (χ4n) is 2.90. The van der Waals surface area contributed by atoms with Crippen LogP contribution in [0.1, 0.15) is 19.3 Å². The van der Waals surface area contributed by atoms with Crippen LogP contribution < -0.4 is 0 Å². The number of carbonyl (C=O) groups is 1. The zero-order valence-electron chi connectivity index (χ0n) is 13.3. The summed E-state index contributed by atoms with van der Waals surface area (Å²) in [5, 5.41) is 8.85. The third-order valence-electron chi connectivity index (χ3n) is 4.18. The zero-order chi connectivity index (χ0) is 17.9. The Balaban J connectivity index is 2.14. The van der Waals surface area contributed by atoms with Gasteiger partial charge in [0.25, 0.3) is 0 Å². The van der Waals surface area contributed by atoms with Crippen LogP contribution in [-0.4, -0.2) is 61.4 Å². The van der Waals surface area contributed by atoms with Crippen LogP contribution in [0.2, 0.25) is 0 Å². The molecule has 9 heteroatoms. The van der Waals surface area contributed by atoms with Gasteiger partial charge in [0.2, 0.25) is 10.0 Å². The first-order valence-corrected chi connectivity index (χ1v) is 9.03. The highest BCUT2D eigenvalue weighted by molar-refractivity contribution is 7.89. The second-order valence-electron chi connectivity index (χ2n) is 5.87. The molecule has 1 aromatic rings. The lowest BCUT2D eigenvalue weighted by atomic mass is 10.1. The maximum Gasteiger partial charge on any atom is 0.317 e. The van der Waals surface area contributed by atoms with Crippen LogP contribution in [0.25, 0.3) is 0 Å². The number of aliphatic carboxylic acids is 1. The number of carboxylic acid groups (broad SMARTS) is 1. The van der Waals surface area contributed by atoms with E-state index in [9.17, 15) is 22.0 Å². The number of nitrogens with zero attached hydrogens (tertiary/aromatic N) is 2. The van der Waals surface area contributed by atoms with Crippen LogP contribution in [0.4, 0.5) is 8.78 Å². The van der Waals surface area contributed by atoms with Crippen LogP contribution in [0, 0.1) is 11.6 Å². The molecule has 0 radical (unpaired) electrons. The lowest BCUT2D eigenvalue weighted by Crippen LogP contribution is -2.37. The van der Waals surface area contributed by atoms with Gasteiger partial charge in [0, 0.05) is 25.2 Å². The molecule has 1 aliphatic rings. The molecular weight excluding hydrogens is 342 g/mol. The van der Waals surface area contributed by atoms with E-state index in [2.05, 4.69) is 0 Å². The third kappa shape index (κ3) is 4.28. The quantitative estimate of drug-likeness (QED) is 0.859. The molecule has 1 saturated heterocycles. The summed E-state index contributed by atoms with van der Waals surface area (Å²) in [4.78, 5) is 11.9. The number of hydrogen-bond acceptors (Lipinski definition) is 4. The highest BCUT2D eigenvalue weighted by Gasteiger charge is 2.31. The number of halogens is 2. The predicted octanol–water partition coefficient (Wildman–Crippen LogP) is 1.52. The van der Waals surface area contributed by atoms with E-state index in [1.807, 2.05) is 0 Å². The number of sulfonamides is 1. The van der Waals surface area contributed by atoms with Gasteiger partial charge >= 0.3 is 5.97 Å². The number of benzene rings is 1. The summed E-state index contributed by atoms with van der Waals surface area (Å²) in [7, 11) is -2.37. The van der Waals surface area contributed by atoms with Crippen LogP contribution >= 0.6 is 0 Å². The summed E-state index contributed by atoms with van der Waals surface area (Å²) in [6, 6.07) is 2.34. The van der Waals surface area contributed by atoms with Crippen molar-refractivity contribution in [2.45, 2.75) is 30.2 Å². The van der Waals surface area contributed by atoms with Crippen molar-refractivity contribution in [2.24, 2.45) is 0 Å².